The normalized spacial score (nSPS) is 17.3. The first-order valence-corrected chi connectivity index (χ1v) is 7.37. The minimum absolute atomic E-state index is 0.0878. The number of rotatable bonds is 3. The van der Waals surface area contributed by atoms with Gasteiger partial charge < -0.3 is 9.80 Å². The van der Waals surface area contributed by atoms with Crippen molar-refractivity contribution in [3.63, 3.8) is 0 Å². The van der Waals surface area contributed by atoms with Gasteiger partial charge in [0.05, 0.1) is 0 Å². The topological polar surface area (TPSA) is 67.2 Å². The van der Waals surface area contributed by atoms with E-state index in [2.05, 4.69) is 20.0 Å². The van der Waals surface area contributed by atoms with Crippen LogP contribution in [0.1, 0.15) is 12.8 Å². The Hall–Kier alpha value is -2.44. The lowest BCUT2D eigenvalue weighted by Gasteiger charge is -2.41. The third kappa shape index (κ3) is 2.43. The molecule has 116 valence electrons. The Kier molecular flexibility index (Phi) is 3.79. The van der Waals surface area contributed by atoms with Gasteiger partial charge in [0.2, 0.25) is 11.9 Å². The monoisotopic (exact) mass is 300 g/mol. The number of amides is 1. The van der Waals surface area contributed by atoms with Gasteiger partial charge >= 0.3 is 0 Å². The van der Waals surface area contributed by atoms with Crippen LogP contribution in [0.4, 0.5) is 5.95 Å². The van der Waals surface area contributed by atoms with Crippen LogP contribution >= 0.6 is 0 Å². The van der Waals surface area contributed by atoms with Crippen molar-refractivity contribution in [3.8, 4) is 0 Å². The number of hydrogen-bond donors (Lipinski definition) is 0. The molecular formula is C15H20N6O. The van der Waals surface area contributed by atoms with Crippen molar-refractivity contribution in [3.05, 3.63) is 36.9 Å². The highest BCUT2D eigenvalue weighted by atomic mass is 16.2. The molecule has 0 atom stereocenters. The van der Waals surface area contributed by atoms with Gasteiger partial charge in [-0.05, 0) is 25.0 Å². The van der Waals surface area contributed by atoms with Crippen molar-refractivity contribution < 1.29 is 4.79 Å². The van der Waals surface area contributed by atoms with E-state index in [0.717, 1.165) is 13.1 Å². The molecule has 3 rings (SSSR count). The van der Waals surface area contributed by atoms with E-state index in [9.17, 15) is 4.79 Å². The van der Waals surface area contributed by atoms with Crippen LogP contribution in [0.15, 0.2) is 36.9 Å². The van der Waals surface area contributed by atoms with Crippen LogP contribution in [0, 0.1) is 0 Å². The zero-order valence-electron chi connectivity index (χ0n) is 12.9. The van der Waals surface area contributed by atoms with Crippen molar-refractivity contribution in [2.75, 3.05) is 32.1 Å². The molecule has 2 aromatic heterocycles. The van der Waals surface area contributed by atoms with E-state index in [1.807, 2.05) is 12.3 Å². The predicted molar refractivity (Wildman–Crippen MR) is 82.4 cm³/mol. The predicted octanol–water partition coefficient (Wildman–Crippen LogP) is 0.757. The molecule has 0 aromatic carbocycles. The number of carbonyl (C=O) groups excluding carboxylic acids is 1. The van der Waals surface area contributed by atoms with Crippen molar-refractivity contribution in [1.82, 2.24) is 24.6 Å². The standard InChI is InChI=1S/C15H20N6O/c1-19(2)13(22)15(21-10-4-9-18-21)5-11-20(12-6-15)14-16-7-3-8-17-14/h3-4,7-10H,5-6,11-12H2,1-2H3. The molecule has 1 fully saturated rings. The number of aromatic nitrogens is 4. The number of likely N-dealkylation sites (N-methyl/N-ethyl adjacent to an activating group) is 1. The number of nitrogens with zero attached hydrogens (tertiary/aromatic N) is 6. The van der Waals surface area contributed by atoms with Gasteiger partial charge in [0, 0.05) is 52.0 Å². The summed E-state index contributed by atoms with van der Waals surface area (Å²) in [6, 6.07) is 3.66. The smallest absolute Gasteiger partial charge is 0.250 e. The van der Waals surface area contributed by atoms with Gasteiger partial charge in [0.1, 0.15) is 5.54 Å². The largest absolute Gasteiger partial charge is 0.347 e. The average molecular weight is 300 g/mol. The quantitative estimate of drug-likeness (QED) is 0.837. The average Bonchev–Trinajstić information content (AvgIpc) is 3.10. The number of carbonyl (C=O) groups is 1. The Labute approximate surface area is 129 Å². The molecule has 3 heterocycles. The van der Waals surface area contributed by atoms with Crippen LogP contribution in [0.25, 0.3) is 0 Å². The summed E-state index contributed by atoms with van der Waals surface area (Å²) >= 11 is 0. The Morgan fingerprint density at radius 3 is 2.36 bits per heavy atom. The summed E-state index contributed by atoms with van der Waals surface area (Å²) in [6.07, 6.45) is 8.44. The molecule has 22 heavy (non-hydrogen) atoms. The fraction of sp³-hybridized carbons (Fsp3) is 0.467. The minimum Gasteiger partial charge on any atom is -0.347 e. The van der Waals surface area contributed by atoms with E-state index in [4.69, 9.17) is 0 Å². The van der Waals surface area contributed by atoms with Gasteiger partial charge in [-0.25, -0.2) is 9.97 Å². The van der Waals surface area contributed by atoms with Crippen molar-refractivity contribution in [1.29, 1.82) is 0 Å². The molecule has 7 heteroatoms. The zero-order chi connectivity index (χ0) is 15.6. The molecular weight excluding hydrogens is 280 g/mol. The Morgan fingerprint density at radius 1 is 1.14 bits per heavy atom. The molecule has 0 saturated carbocycles. The molecule has 1 saturated heterocycles. The SMILES string of the molecule is CN(C)C(=O)C1(n2cccn2)CCN(c2ncccn2)CC1. The van der Waals surface area contributed by atoms with E-state index in [1.54, 1.807) is 48.3 Å². The molecule has 0 bridgehead atoms. The minimum atomic E-state index is -0.613. The van der Waals surface area contributed by atoms with Gasteiger partial charge in [-0.3, -0.25) is 9.48 Å². The summed E-state index contributed by atoms with van der Waals surface area (Å²) in [4.78, 5) is 25.1. The summed E-state index contributed by atoms with van der Waals surface area (Å²) in [5, 5.41) is 4.33. The highest BCUT2D eigenvalue weighted by molar-refractivity contribution is 5.84. The van der Waals surface area contributed by atoms with Crippen LogP contribution in [0.5, 0.6) is 0 Å². The van der Waals surface area contributed by atoms with E-state index in [0.29, 0.717) is 18.8 Å². The highest BCUT2D eigenvalue weighted by Gasteiger charge is 2.44. The summed E-state index contributed by atoms with van der Waals surface area (Å²) in [7, 11) is 3.58. The van der Waals surface area contributed by atoms with E-state index >= 15 is 0 Å². The molecule has 0 unspecified atom stereocenters. The summed E-state index contributed by atoms with van der Waals surface area (Å²) in [6.45, 7) is 1.45. The fourth-order valence-electron chi connectivity index (χ4n) is 3.01. The van der Waals surface area contributed by atoms with Gasteiger partial charge in [-0.2, -0.15) is 5.10 Å². The molecule has 1 amide bonds. The molecule has 0 aliphatic carbocycles. The van der Waals surface area contributed by atoms with Crippen molar-refractivity contribution in [2.45, 2.75) is 18.4 Å². The van der Waals surface area contributed by atoms with Gasteiger partial charge in [-0.15, -0.1) is 0 Å². The first-order valence-electron chi connectivity index (χ1n) is 7.37. The maximum absolute atomic E-state index is 12.8. The van der Waals surface area contributed by atoms with Crippen molar-refractivity contribution >= 4 is 11.9 Å². The lowest BCUT2D eigenvalue weighted by molar-refractivity contribution is -0.140. The second kappa shape index (κ2) is 5.75. The van der Waals surface area contributed by atoms with Crippen LogP contribution in [0.3, 0.4) is 0 Å². The molecule has 0 N–H and O–H groups in total. The lowest BCUT2D eigenvalue weighted by atomic mass is 9.86. The highest BCUT2D eigenvalue weighted by Crippen LogP contribution is 2.32. The van der Waals surface area contributed by atoms with Gasteiger partial charge in [0.25, 0.3) is 0 Å². The van der Waals surface area contributed by atoms with E-state index < -0.39 is 5.54 Å². The van der Waals surface area contributed by atoms with Crippen LogP contribution in [-0.4, -0.2) is 57.7 Å². The zero-order valence-corrected chi connectivity index (χ0v) is 12.9. The lowest BCUT2D eigenvalue weighted by Crippen LogP contribution is -2.55. The third-order valence-corrected chi connectivity index (χ3v) is 4.17. The van der Waals surface area contributed by atoms with Crippen molar-refractivity contribution in [2.24, 2.45) is 0 Å². The first-order chi connectivity index (χ1) is 10.6. The summed E-state index contributed by atoms with van der Waals surface area (Å²) < 4.78 is 1.80. The second-order valence-corrected chi connectivity index (χ2v) is 5.72. The molecule has 0 radical (unpaired) electrons. The molecule has 1 aliphatic rings. The Morgan fingerprint density at radius 2 is 1.82 bits per heavy atom. The van der Waals surface area contributed by atoms with Crippen LogP contribution in [-0.2, 0) is 10.3 Å². The first kappa shape index (κ1) is 14.5. The molecule has 1 aliphatic heterocycles. The van der Waals surface area contributed by atoms with E-state index in [-0.39, 0.29) is 5.91 Å². The van der Waals surface area contributed by atoms with Crippen LogP contribution < -0.4 is 4.90 Å². The second-order valence-electron chi connectivity index (χ2n) is 5.72. The molecule has 2 aromatic rings. The maximum atomic E-state index is 12.8. The fourth-order valence-corrected chi connectivity index (χ4v) is 3.01. The third-order valence-electron chi connectivity index (χ3n) is 4.17. The van der Waals surface area contributed by atoms with E-state index in [1.165, 1.54) is 0 Å². The number of piperidine rings is 1. The number of hydrogen-bond acceptors (Lipinski definition) is 5. The number of anilines is 1. The molecule has 0 spiro atoms. The molecule has 7 nitrogen and oxygen atoms in total. The summed E-state index contributed by atoms with van der Waals surface area (Å²) in [5.74, 6) is 0.804. The maximum Gasteiger partial charge on any atom is 0.250 e. The van der Waals surface area contributed by atoms with Gasteiger partial charge in [-0.1, -0.05) is 0 Å². The van der Waals surface area contributed by atoms with Gasteiger partial charge in [0.15, 0.2) is 0 Å². The Bertz CT molecular complexity index is 617. The summed E-state index contributed by atoms with van der Waals surface area (Å²) in [5.41, 5.74) is -0.613. The Balaban J connectivity index is 1.84. The van der Waals surface area contributed by atoms with Crippen LogP contribution in [0.2, 0.25) is 0 Å².